The first-order chi connectivity index (χ1) is 23.3. The van der Waals surface area contributed by atoms with E-state index in [0.717, 1.165) is 38.7 Å². The van der Waals surface area contributed by atoms with E-state index >= 15 is 0 Å². The van der Waals surface area contributed by atoms with Crippen LogP contribution in [0, 0.1) is 0 Å². The summed E-state index contributed by atoms with van der Waals surface area (Å²) in [6.45, 7) is 2.03. The van der Waals surface area contributed by atoms with E-state index in [0.29, 0.717) is 33.0 Å². The fraction of sp³-hybridized carbons (Fsp3) is 0.268. The Labute approximate surface area is 286 Å². The van der Waals surface area contributed by atoms with Gasteiger partial charge in [0.1, 0.15) is 30.5 Å². The lowest BCUT2D eigenvalue weighted by atomic mass is 9.89. The third-order valence-electron chi connectivity index (χ3n) is 8.32. The number of ether oxygens (including phenoxy) is 5. The monoisotopic (exact) mass is 692 g/mol. The summed E-state index contributed by atoms with van der Waals surface area (Å²) in [7, 11) is 0. The molecule has 1 aliphatic heterocycles. The zero-order valence-electron chi connectivity index (χ0n) is 26.4. The van der Waals surface area contributed by atoms with Gasteiger partial charge in [-0.05, 0) is 33.4 Å². The molecule has 1 heterocycles. The van der Waals surface area contributed by atoms with E-state index < -0.39 is 30.5 Å². The molecule has 5 atom stereocenters. The molecule has 5 aromatic rings. The Morgan fingerprint density at radius 1 is 0.468 bits per heavy atom. The zero-order valence-corrected chi connectivity index (χ0v) is 28.0. The van der Waals surface area contributed by atoms with Gasteiger partial charge in [0.05, 0.1) is 33.0 Å². The molecular formula is C41H41BrO5. The highest BCUT2D eigenvalue weighted by Gasteiger charge is 2.49. The van der Waals surface area contributed by atoms with Crippen LogP contribution in [0.5, 0.6) is 0 Å². The SMILES string of the molecule is BrCc1cccc([C@@H]2O[C@H](COCc3ccccc3)[C@@H](OCc3ccccc3)[C@H](OCc3ccccc3)[C@H]2OCc2ccccc2)c1. The maximum Gasteiger partial charge on any atom is 0.117 e. The topological polar surface area (TPSA) is 46.2 Å². The normalized spacial score (nSPS) is 21.0. The lowest BCUT2D eigenvalue weighted by Crippen LogP contribution is -2.58. The van der Waals surface area contributed by atoms with Crippen molar-refractivity contribution in [2.75, 3.05) is 6.61 Å². The molecule has 1 fully saturated rings. The van der Waals surface area contributed by atoms with Gasteiger partial charge in [-0.1, -0.05) is 162 Å². The second kappa shape index (κ2) is 17.5. The summed E-state index contributed by atoms with van der Waals surface area (Å²) < 4.78 is 33.9. The Morgan fingerprint density at radius 3 is 1.43 bits per heavy atom. The maximum atomic E-state index is 7.02. The van der Waals surface area contributed by atoms with E-state index in [4.69, 9.17) is 23.7 Å². The lowest BCUT2D eigenvalue weighted by Gasteiger charge is -2.46. The number of hydrogen-bond donors (Lipinski definition) is 0. The van der Waals surface area contributed by atoms with Gasteiger partial charge in [-0.3, -0.25) is 0 Å². The predicted molar refractivity (Wildman–Crippen MR) is 188 cm³/mol. The molecule has 0 amide bonds. The summed E-state index contributed by atoms with van der Waals surface area (Å²) in [6.07, 6.45) is -2.22. The Hall–Kier alpha value is -3.62. The maximum absolute atomic E-state index is 7.02. The molecule has 5 nitrogen and oxygen atoms in total. The Kier molecular flexibility index (Phi) is 12.4. The summed E-state index contributed by atoms with van der Waals surface area (Å²) in [5.74, 6) is 0. The van der Waals surface area contributed by atoms with Crippen molar-refractivity contribution in [1.29, 1.82) is 0 Å². The quantitative estimate of drug-likeness (QED) is 0.103. The summed E-state index contributed by atoms with van der Waals surface area (Å²) in [4.78, 5) is 0. The first kappa shape index (κ1) is 33.3. The predicted octanol–water partition coefficient (Wildman–Crippen LogP) is 8.99. The molecule has 0 bridgehead atoms. The van der Waals surface area contributed by atoms with Crippen LogP contribution in [0.15, 0.2) is 146 Å². The third kappa shape index (κ3) is 9.48. The van der Waals surface area contributed by atoms with Crippen molar-refractivity contribution in [3.8, 4) is 0 Å². The van der Waals surface area contributed by atoms with Gasteiger partial charge < -0.3 is 23.7 Å². The van der Waals surface area contributed by atoms with Crippen LogP contribution < -0.4 is 0 Å². The Morgan fingerprint density at radius 2 is 0.915 bits per heavy atom. The highest BCUT2D eigenvalue weighted by atomic mass is 79.9. The van der Waals surface area contributed by atoms with Gasteiger partial charge in [-0.25, -0.2) is 0 Å². The summed E-state index contributed by atoms with van der Waals surface area (Å²) in [6, 6.07) is 49.3. The second-order valence-corrected chi connectivity index (χ2v) is 12.3. The van der Waals surface area contributed by atoms with Gasteiger partial charge in [0.15, 0.2) is 0 Å². The fourth-order valence-corrected chi connectivity index (χ4v) is 6.26. The van der Waals surface area contributed by atoms with E-state index in [2.05, 4.69) is 88.7 Å². The van der Waals surface area contributed by atoms with E-state index in [-0.39, 0.29) is 0 Å². The van der Waals surface area contributed by atoms with Crippen LogP contribution in [-0.4, -0.2) is 31.0 Å². The molecule has 6 rings (SSSR count). The third-order valence-corrected chi connectivity index (χ3v) is 8.96. The van der Waals surface area contributed by atoms with Gasteiger partial charge in [0.2, 0.25) is 0 Å². The molecule has 0 unspecified atom stereocenters. The molecule has 6 heteroatoms. The zero-order chi connectivity index (χ0) is 32.1. The van der Waals surface area contributed by atoms with E-state index in [9.17, 15) is 0 Å². The van der Waals surface area contributed by atoms with Gasteiger partial charge in [-0.2, -0.15) is 0 Å². The molecular weight excluding hydrogens is 652 g/mol. The van der Waals surface area contributed by atoms with Gasteiger partial charge in [0, 0.05) is 5.33 Å². The number of halogens is 1. The van der Waals surface area contributed by atoms with Crippen molar-refractivity contribution in [2.45, 2.75) is 62.3 Å². The average molecular weight is 694 g/mol. The van der Waals surface area contributed by atoms with Crippen LogP contribution in [0.25, 0.3) is 0 Å². The number of hydrogen-bond acceptors (Lipinski definition) is 5. The van der Waals surface area contributed by atoms with Crippen molar-refractivity contribution < 1.29 is 23.7 Å². The molecule has 242 valence electrons. The molecule has 1 aliphatic rings. The van der Waals surface area contributed by atoms with Gasteiger partial charge >= 0.3 is 0 Å². The standard InChI is InChI=1S/C41H41BrO5/c42-25-35-22-13-23-36(24-35)38-40(45-28-33-18-9-3-10-19-33)41(46-29-34-20-11-4-12-21-34)39(44-27-32-16-7-2-8-17-32)37(47-38)30-43-26-31-14-5-1-6-15-31/h1-24,37-41H,25-30H2/t37-,38+,39-,40+,41+/m1/s1. The van der Waals surface area contributed by atoms with Crippen LogP contribution in [0.4, 0.5) is 0 Å². The van der Waals surface area contributed by atoms with Crippen molar-refractivity contribution in [3.63, 3.8) is 0 Å². The largest absolute Gasteiger partial charge is 0.374 e. The molecule has 0 radical (unpaired) electrons. The first-order valence-electron chi connectivity index (χ1n) is 16.2. The Bertz CT molecular complexity index is 1600. The molecule has 0 aliphatic carbocycles. The van der Waals surface area contributed by atoms with Crippen LogP contribution >= 0.6 is 15.9 Å². The van der Waals surface area contributed by atoms with E-state index in [1.165, 1.54) is 0 Å². The summed E-state index contributed by atoms with van der Waals surface area (Å²) in [5, 5.41) is 0.740. The van der Waals surface area contributed by atoms with Crippen LogP contribution in [0.1, 0.15) is 39.5 Å². The van der Waals surface area contributed by atoms with Crippen LogP contribution in [-0.2, 0) is 55.4 Å². The van der Waals surface area contributed by atoms with Crippen molar-refractivity contribution >= 4 is 15.9 Å². The average Bonchev–Trinajstić information content (AvgIpc) is 3.14. The Balaban J connectivity index is 1.35. The first-order valence-corrected chi connectivity index (χ1v) is 17.3. The summed E-state index contributed by atoms with van der Waals surface area (Å²) in [5.41, 5.74) is 6.53. The molecule has 0 N–H and O–H groups in total. The number of alkyl halides is 1. The fourth-order valence-electron chi connectivity index (χ4n) is 5.91. The van der Waals surface area contributed by atoms with E-state index in [1.807, 2.05) is 72.8 Å². The van der Waals surface area contributed by atoms with Gasteiger partial charge in [-0.15, -0.1) is 0 Å². The number of benzene rings is 5. The molecule has 1 saturated heterocycles. The minimum absolute atomic E-state index is 0.333. The van der Waals surface area contributed by atoms with Crippen molar-refractivity contribution in [2.24, 2.45) is 0 Å². The molecule has 0 aromatic heterocycles. The minimum Gasteiger partial charge on any atom is -0.374 e. The molecule has 0 spiro atoms. The smallest absolute Gasteiger partial charge is 0.117 e. The second-order valence-electron chi connectivity index (χ2n) is 11.8. The molecule has 5 aromatic carbocycles. The van der Waals surface area contributed by atoms with Crippen molar-refractivity contribution in [1.82, 2.24) is 0 Å². The van der Waals surface area contributed by atoms with Crippen LogP contribution in [0.3, 0.4) is 0 Å². The highest BCUT2D eigenvalue weighted by Crippen LogP contribution is 2.39. The number of rotatable bonds is 15. The van der Waals surface area contributed by atoms with E-state index in [1.54, 1.807) is 0 Å². The highest BCUT2D eigenvalue weighted by molar-refractivity contribution is 9.08. The minimum atomic E-state index is -0.467. The van der Waals surface area contributed by atoms with Crippen LogP contribution in [0.2, 0.25) is 0 Å². The van der Waals surface area contributed by atoms with Gasteiger partial charge in [0.25, 0.3) is 0 Å². The molecule has 47 heavy (non-hydrogen) atoms. The lowest BCUT2D eigenvalue weighted by molar-refractivity contribution is -0.275. The molecule has 0 saturated carbocycles. The summed E-state index contributed by atoms with van der Waals surface area (Å²) >= 11 is 3.64. The van der Waals surface area contributed by atoms with Crippen molar-refractivity contribution in [3.05, 3.63) is 179 Å².